The van der Waals surface area contributed by atoms with E-state index >= 15 is 0 Å². The summed E-state index contributed by atoms with van der Waals surface area (Å²) in [6.45, 7) is 5.32. The number of nitrogens with zero attached hydrogens (tertiary/aromatic N) is 2. The second-order valence-electron chi connectivity index (χ2n) is 6.51. The first-order valence-corrected chi connectivity index (χ1v) is 10.1. The van der Waals surface area contributed by atoms with Gasteiger partial charge in [0.15, 0.2) is 0 Å². The Bertz CT molecular complexity index is 304. The number of nitro groups is 1. The maximum Gasteiger partial charge on any atom is 0.254 e. The normalized spacial score (nSPS) is 12.7. The van der Waals surface area contributed by atoms with E-state index in [0.29, 0.717) is 45.3 Å². The fourth-order valence-electron chi connectivity index (χ4n) is 2.30. The Balaban J connectivity index is -0.000000380. The van der Waals surface area contributed by atoms with E-state index in [4.69, 9.17) is 30.5 Å². The fourth-order valence-corrected chi connectivity index (χ4v) is 2.30. The molecule has 11 nitrogen and oxygen atoms in total. The molecule has 0 bridgehead atoms. The van der Waals surface area contributed by atoms with Crippen molar-refractivity contribution in [3.05, 3.63) is 10.1 Å². The maximum absolute atomic E-state index is 9.32. The standard InChI is InChI=1S/C9H20O3.C8H19NO3.CH4N2O2/c1-2-9(12)7-8(3-5-10)4-6-11;1-2-8(12)7-9(3-5-10)4-6-11;2-1-3(4)5/h8-12H,2-7H2,1H3;8,10-12H,2-7H2,1H3;1-2H2. The second kappa shape index (κ2) is 25.1. The van der Waals surface area contributed by atoms with Gasteiger partial charge >= 0.3 is 0 Å². The highest BCUT2D eigenvalue weighted by molar-refractivity contribution is 4.64. The SMILES string of the molecule is CCC(O)CC(CCO)CCO.CCC(O)CN(CCO)CCO.NC[N+](=O)[O-]. The van der Waals surface area contributed by atoms with Crippen LogP contribution in [0.25, 0.3) is 0 Å². The molecule has 8 N–H and O–H groups in total. The molecule has 0 aliphatic carbocycles. The lowest BCUT2D eigenvalue weighted by Crippen LogP contribution is -2.36. The summed E-state index contributed by atoms with van der Waals surface area (Å²) >= 11 is 0. The summed E-state index contributed by atoms with van der Waals surface area (Å²) in [6.07, 6.45) is 2.85. The minimum Gasteiger partial charge on any atom is -0.396 e. The smallest absolute Gasteiger partial charge is 0.254 e. The molecule has 0 aliphatic rings. The molecule has 29 heavy (non-hydrogen) atoms. The quantitative estimate of drug-likeness (QED) is 0.0939. The van der Waals surface area contributed by atoms with E-state index in [1.165, 1.54) is 0 Å². The molecule has 0 aromatic carbocycles. The Morgan fingerprint density at radius 1 is 0.897 bits per heavy atom. The number of aliphatic hydroxyl groups is 6. The number of rotatable bonds is 15. The molecular weight excluding hydrogens is 386 g/mol. The van der Waals surface area contributed by atoms with Gasteiger partial charge in [0.2, 0.25) is 0 Å². The van der Waals surface area contributed by atoms with Gasteiger partial charge in [0, 0.05) is 37.8 Å². The zero-order valence-electron chi connectivity index (χ0n) is 17.9. The molecule has 2 atom stereocenters. The van der Waals surface area contributed by atoms with Crippen molar-refractivity contribution >= 4 is 0 Å². The molecule has 0 radical (unpaired) electrons. The fraction of sp³-hybridized carbons (Fsp3) is 1.00. The van der Waals surface area contributed by atoms with E-state index in [9.17, 15) is 10.2 Å². The third kappa shape index (κ3) is 27.1. The molecular formula is C18H43N3O8. The molecule has 2 unspecified atom stereocenters. The first-order valence-electron chi connectivity index (χ1n) is 10.1. The van der Waals surface area contributed by atoms with Crippen molar-refractivity contribution in [1.29, 1.82) is 0 Å². The van der Waals surface area contributed by atoms with Crippen LogP contribution in [0.3, 0.4) is 0 Å². The first kappa shape index (κ1) is 32.7. The summed E-state index contributed by atoms with van der Waals surface area (Å²) in [6, 6.07) is 0. The topological polar surface area (TPSA) is 194 Å². The van der Waals surface area contributed by atoms with Crippen molar-refractivity contribution in [3.63, 3.8) is 0 Å². The predicted octanol–water partition coefficient (Wildman–Crippen LogP) is -1.25. The average Bonchev–Trinajstić information content (AvgIpc) is 2.69. The van der Waals surface area contributed by atoms with Crippen LogP contribution in [0.4, 0.5) is 0 Å². The van der Waals surface area contributed by atoms with Crippen LogP contribution >= 0.6 is 0 Å². The van der Waals surface area contributed by atoms with Gasteiger partial charge in [0.05, 0.1) is 25.4 Å². The van der Waals surface area contributed by atoms with E-state index in [0.717, 1.165) is 6.42 Å². The summed E-state index contributed by atoms with van der Waals surface area (Å²) < 4.78 is 0. The summed E-state index contributed by atoms with van der Waals surface area (Å²) in [5.41, 5.74) is 4.47. The Kier molecular flexibility index (Phi) is 28.4. The zero-order valence-corrected chi connectivity index (χ0v) is 17.9. The van der Waals surface area contributed by atoms with E-state index in [2.05, 4.69) is 5.73 Å². The molecule has 0 amide bonds. The van der Waals surface area contributed by atoms with Gasteiger partial charge < -0.3 is 30.6 Å². The van der Waals surface area contributed by atoms with E-state index < -0.39 is 11.6 Å². The summed E-state index contributed by atoms with van der Waals surface area (Å²) in [5.74, 6) is 0.259. The van der Waals surface area contributed by atoms with Crippen molar-refractivity contribution in [2.24, 2.45) is 11.7 Å². The minimum absolute atomic E-state index is 0.0659. The molecule has 178 valence electrons. The van der Waals surface area contributed by atoms with Crippen LogP contribution in [0, 0.1) is 16.0 Å². The Hall–Kier alpha value is -0.920. The third-order valence-electron chi connectivity index (χ3n) is 4.07. The summed E-state index contributed by atoms with van der Waals surface area (Å²) in [7, 11) is 0. The van der Waals surface area contributed by atoms with Crippen molar-refractivity contribution in [1.82, 2.24) is 4.90 Å². The number of hydrogen-bond donors (Lipinski definition) is 7. The maximum atomic E-state index is 9.32. The molecule has 0 saturated heterocycles. The highest BCUT2D eigenvalue weighted by atomic mass is 16.6. The Morgan fingerprint density at radius 2 is 1.31 bits per heavy atom. The molecule has 0 rings (SSSR count). The van der Waals surface area contributed by atoms with Gasteiger partial charge in [-0.2, -0.15) is 0 Å². The monoisotopic (exact) mass is 429 g/mol. The van der Waals surface area contributed by atoms with Gasteiger partial charge in [-0.3, -0.25) is 20.7 Å². The highest BCUT2D eigenvalue weighted by Crippen LogP contribution is 2.16. The van der Waals surface area contributed by atoms with E-state index in [-0.39, 0.29) is 44.6 Å². The Labute approximate surface area is 173 Å². The summed E-state index contributed by atoms with van der Waals surface area (Å²) in [4.78, 5) is 10.3. The second-order valence-corrected chi connectivity index (χ2v) is 6.51. The molecule has 0 spiro atoms. The van der Waals surface area contributed by atoms with Crippen molar-refractivity contribution in [3.8, 4) is 0 Å². The van der Waals surface area contributed by atoms with Gasteiger partial charge in [-0.1, -0.05) is 13.8 Å². The van der Waals surface area contributed by atoms with Gasteiger partial charge in [-0.15, -0.1) is 0 Å². The average molecular weight is 430 g/mol. The number of nitrogens with two attached hydrogens (primary N) is 1. The minimum atomic E-state index is -0.597. The third-order valence-corrected chi connectivity index (χ3v) is 4.07. The predicted molar refractivity (Wildman–Crippen MR) is 111 cm³/mol. The van der Waals surface area contributed by atoms with Crippen LogP contribution in [-0.4, -0.2) is 105 Å². The van der Waals surface area contributed by atoms with Gasteiger partial charge in [-0.05, 0) is 38.0 Å². The highest BCUT2D eigenvalue weighted by Gasteiger charge is 2.12. The van der Waals surface area contributed by atoms with Crippen molar-refractivity contribution in [2.45, 2.75) is 58.2 Å². The molecule has 0 saturated carbocycles. The Morgan fingerprint density at radius 3 is 1.59 bits per heavy atom. The zero-order chi connectivity index (χ0) is 23.1. The lowest BCUT2D eigenvalue weighted by molar-refractivity contribution is -0.478. The van der Waals surface area contributed by atoms with Crippen LogP contribution in [-0.2, 0) is 0 Å². The number of aliphatic hydroxyl groups excluding tert-OH is 6. The molecule has 0 fully saturated rings. The van der Waals surface area contributed by atoms with Crippen LogP contribution in [0.2, 0.25) is 0 Å². The molecule has 11 heteroatoms. The van der Waals surface area contributed by atoms with Gasteiger partial charge in [0.25, 0.3) is 6.67 Å². The summed E-state index contributed by atoms with van der Waals surface area (Å²) in [5, 5.41) is 62.3. The van der Waals surface area contributed by atoms with Gasteiger partial charge in [-0.25, -0.2) is 0 Å². The van der Waals surface area contributed by atoms with Crippen LogP contribution in [0.5, 0.6) is 0 Å². The molecule has 0 aliphatic heterocycles. The molecule has 0 aromatic rings. The van der Waals surface area contributed by atoms with Gasteiger partial charge in [0.1, 0.15) is 0 Å². The van der Waals surface area contributed by atoms with E-state index in [1.54, 1.807) is 0 Å². The van der Waals surface area contributed by atoms with Crippen molar-refractivity contribution in [2.75, 3.05) is 52.7 Å². The first-order chi connectivity index (χ1) is 13.7. The van der Waals surface area contributed by atoms with Crippen LogP contribution in [0.15, 0.2) is 0 Å². The lowest BCUT2D eigenvalue weighted by atomic mass is 9.94. The molecule has 0 aromatic heterocycles. The number of hydrogen-bond acceptors (Lipinski definition) is 10. The largest absolute Gasteiger partial charge is 0.396 e. The lowest BCUT2D eigenvalue weighted by Gasteiger charge is -2.22. The van der Waals surface area contributed by atoms with Crippen molar-refractivity contribution < 1.29 is 35.6 Å². The van der Waals surface area contributed by atoms with Crippen LogP contribution in [0.1, 0.15) is 46.0 Å². The molecule has 0 heterocycles. The van der Waals surface area contributed by atoms with Crippen LogP contribution < -0.4 is 5.73 Å². The van der Waals surface area contributed by atoms with E-state index in [1.807, 2.05) is 18.7 Å².